The number of hydrogen-bond donors (Lipinski definition) is 1. The maximum atomic E-state index is 13.3. The molecule has 0 aliphatic rings. The maximum Gasteiger partial charge on any atom is 0.416 e. The number of aromatic nitrogens is 2. The molecule has 2 aromatic carbocycles. The maximum absolute atomic E-state index is 13.3. The predicted octanol–water partition coefficient (Wildman–Crippen LogP) is 4.67. The Morgan fingerprint density at radius 2 is 1.90 bits per heavy atom. The molecule has 0 fully saturated rings. The zero-order chi connectivity index (χ0) is 21.3. The number of benzene rings is 2. The Hall–Kier alpha value is -3.69. The van der Waals surface area contributed by atoms with E-state index in [4.69, 9.17) is 0 Å². The smallest absolute Gasteiger partial charge is 0.322 e. The van der Waals surface area contributed by atoms with Gasteiger partial charge in [-0.05, 0) is 38.1 Å². The molecule has 3 aromatic rings. The number of carbonyl (C=O) groups is 1. The average molecular weight is 404 g/mol. The lowest BCUT2D eigenvalue weighted by atomic mass is 10.1. The molecular weight excluding hydrogens is 389 g/mol. The number of hydrogen-bond acceptors (Lipinski definition) is 4. The van der Waals surface area contributed by atoms with Crippen LogP contribution in [0.3, 0.4) is 0 Å². The molecule has 0 saturated carbocycles. The van der Waals surface area contributed by atoms with Gasteiger partial charge in [0.05, 0.1) is 22.5 Å². The minimum Gasteiger partial charge on any atom is -0.322 e. The summed E-state index contributed by atoms with van der Waals surface area (Å²) in [6.45, 7) is 3.22. The molecule has 1 aromatic heterocycles. The molecule has 1 N–H and O–H groups in total. The van der Waals surface area contributed by atoms with E-state index < -0.39 is 22.6 Å². The zero-order valence-electron chi connectivity index (χ0n) is 15.3. The molecule has 0 atom stereocenters. The van der Waals surface area contributed by atoms with Crippen LogP contribution in [0.15, 0.2) is 48.9 Å². The van der Waals surface area contributed by atoms with E-state index in [1.165, 1.54) is 42.2 Å². The highest BCUT2D eigenvalue weighted by Crippen LogP contribution is 2.32. The molecule has 10 heteroatoms. The lowest BCUT2D eigenvalue weighted by Crippen LogP contribution is -2.15. The molecule has 0 radical (unpaired) electrons. The summed E-state index contributed by atoms with van der Waals surface area (Å²) < 4.78 is 41.3. The number of anilines is 1. The molecule has 3 rings (SSSR count). The van der Waals surface area contributed by atoms with Crippen molar-refractivity contribution in [2.24, 2.45) is 0 Å². The van der Waals surface area contributed by atoms with E-state index in [1.54, 1.807) is 6.92 Å². The number of nitrogens with one attached hydrogen (secondary N) is 1. The molecular formula is C19H15F3N4O3. The number of alkyl halides is 3. The van der Waals surface area contributed by atoms with Gasteiger partial charge < -0.3 is 9.88 Å². The van der Waals surface area contributed by atoms with Crippen LogP contribution in [0.1, 0.15) is 27.2 Å². The number of rotatable bonds is 4. The van der Waals surface area contributed by atoms with E-state index in [-0.39, 0.29) is 22.6 Å². The summed E-state index contributed by atoms with van der Waals surface area (Å²) in [7, 11) is 0. The third-order valence-electron chi connectivity index (χ3n) is 4.18. The molecule has 1 amide bonds. The monoisotopic (exact) mass is 404 g/mol. The van der Waals surface area contributed by atoms with Crippen LogP contribution in [0.2, 0.25) is 0 Å². The number of carbonyl (C=O) groups excluding carboxylic acids is 1. The molecule has 150 valence electrons. The van der Waals surface area contributed by atoms with E-state index >= 15 is 0 Å². The number of imidazole rings is 1. The number of aryl methyl sites for hydroxylation is 2. The first-order valence-electron chi connectivity index (χ1n) is 8.34. The first-order valence-corrected chi connectivity index (χ1v) is 8.34. The van der Waals surface area contributed by atoms with Crippen molar-refractivity contribution in [3.63, 3.8) is 0 Å². The summed E-state index contributed by atoms with van der Waals surface area (Å²) in [6.07, 6.45) is -1.79. The summed E-state index contributed by atoms with van der Waals surface area (Å²) >= 11 is 0. The summed E-state index contributed by atoms with van der Waals surface area (Å²) in [4.78, 5) is 27.0. The number of amides is 1. The van der Waals surface area contributed by atoms with Gasteiger partial charge in [-0.15, -0.1) is 0 Å². The number of nitro benzene ring substituents is 1. The standard InChI is InChI=1S/C19H15F3N4O3/c1-11-3-4-15(8-17(11)26(28)29)24-18(27)13-5-14(19(20,21)22)7-16(6-13)25-9-12(2)23-10-25/h3-10H,1-2H3,(H,24,27). The van der Waals surface area contributed by atoms with Crippen LogP contribution < -0.4 is 5.32 Å². The highest BCUT2D eigenvalue weighted by molar-refractivity contribution is 6.05. The molecule has 0 aliphatic heterocycles. The van der Waals surface area contributed by atoms with Gasteiger partial charge in [-0.1, -0.05) is 6.07 Å². The SMILES string of the molecule is Cc1cn(-c2cc(C(=O)Nc3ccc(C)c([N+](=O)[O-])c3)cc(C(F)(F)F)c2)cn1. The van der Waals surface area contributed by atoms with Gasteiger partial charge in [-0.3, -0.25) is 14.9 Å². The summed E-state index contributed by atoms with van der Waals surface area (Å²) in [5.41, 5.74) is -0.248. The highest BCUT2D eigenvalue weighted by atomic mass is 19.4. The van der Waals surface area contributed by atoms with Crippen molar-refractivity contribution < 1.29 is 22.9 Å². The Balaban J connectivity index is 2.00. The van der Waals surface area contributed by atoms with Gasteiger partial charge in [0.25, 0.3) is 11.6 Å². The second-order valence-corrected chi connectivity index (χ2v) is 6.40. The van der Waals surface area contributed by atoms with Crippen LogP contribution >= 0.6 is 0 Å². The Labute approximate surface area is 163 Å². The van der Waals surface area contributed by atoms with E-state index in [9.17, 15) is 28.1 Å². The Bertz CT molecular complexity index is 1110. The second-order valence-electron chi connectivity index (χ2n) is 6.40. The first kappa shape index (κ1) is 20.1. The van der Waals surface area contributed by atoms with Gasteiger partial charge in [-0.2, -0.15) is 13.2 Å². The highest BCUT2D eigenvalue weighted by Gasteiger charge is 2.32. The zero-order valence-corrected chi connectivity index (χ0v) is 15.3. The molecule has 29 heavy (non-hydrogen) atoms. The summed E-state index contributed by atoms with van der Waals surface area (Å²) in [5, 5.41) is 13.5. The molecule has 0 unspecified atom stereocenters. The molecule has 0 bridgehead atoms. The second kappa shape index (κ2) is 7.38. The predicted molar refractivity (Wildman–Crippen MR) is 99.1 cm³/mol. The van der Waals surface area contributed by atoms with Crippen LogP contribution in [0, 0.1) is 24.0 Å². The van der Waals surface area contributed by atoms with Gasteiger partial charge >= 0.3 is 6.18 Å². The number of nitro groups is 1. The molecule has 1 heterocycles. The van der Waals surface area contributed by atoms with Crippen LogP contribution in [0.5, 0.6) is 0 Å². The van der Waals surface area contributed by atoms with Gasteiger partial charge in [-0.25, -0.2) is 4.98 Å². The third-order valence-corrected chi connectivity index (χ3v) is 4.18. The largest absolute Gasteiger partial charge is 0.416 e. The van der Waals surface area contributed by atoms with Gasteiger partial charge in [0.2, 0.25) is 0 Å². The molecule has 0 saturated heterocycles. The van der Waals surface area contributed by atoms with Crippen molar-refractivity contribution in [1.82, 2.24) is 9.55 Å². The fourth-order valence-electron chi connectivity index (χ4n) is 2.70. The number of nitrogens with zero attached hydrogens (tertiary/aromatic N) is 3. The minimum absolute atomic E-state index is 0.102. The van der Waals surface area contributed by atoms with Crippen molar-refractivity contribution in [1.29, 1.82) is 0 Å². The van der Waals surface area contributed by atoms with E-state index in [0.29, 0.717) is 11.3 Å². The fraction of sp³-hybridized carbons (Fsp3) is 0.158. The average Bonchev–Trinajstić information content (AvgIpc) is 3.08. The quantitative estimate of drug-likeness (QED) is 0.506. The van der Waals surface area contributed by atoms with Crippen molar-refractivity contribution in [2.45, 2.75) is 20.0 Å². The van der Waals surface area contributed by atoms with E-state index in [0.717, 1.165) is 18.2 Å². The number of halogens is 3. The third kappa shape index (κ3) is 4.42. The topological polar surface area (TPSA) is 90.1 Å². The van der Waals surface area contributed by atoms with Crippen molar-refractivity contribution in [3.05, 3.63) is 81.4 Å². The minimum atomic E-state index is -4.66. The Kier molecular flexibility index (Phi) is 5.10. The van der Waals surface area contributed by atoms with Gasteiger partial charge in [0.1, 0.15) is 0 Å². The van der Waals surface area contributed by atoms with Crippen LogP contribution in [0.25, 0.3) is 5.69 Å². The normalized spacial score (nSPS) is 11.3. The fourth-order valence-corrected chi connectivity index (χ4v) is 2.70. The Morgan fingerprint density at radius 1 is 1.17 bits per heavy atom. The Morgan fingerprint density at radius 3 is 2.48 bits per heavy atom. The molecule has 0 aliphatic carbocycles. The van der Waals surface area contributed by atoms with Gasteiger partial charge in [0, 0.05) is 34.8 Å². The summed E-state index contributed by atoms with van der Waals surface area (Å²) in [6, 6.07) is 6.96. The first-order chi connectivity index (χ1) is 13.5. The van der Waals surface area contributed by atoms with Crippen molar-refractivity contribution in [3.8, 4) is 5.69 Å². The van der Waals surface area contributed by atoms with Crippen LogP contribution in [0.4, 0.5) is 24.5 Å². The van der Waals surface area contributed by atoms with Crippen molar-refractivity contribution in [2.75, 3.05) is 5.32 Å². The lowest BCUT2D eigenvalue weighted by molar-refractivity contribution is -0.385. The molecule has 7 nitrogen and oxygen atoms in total. The van der Waals surface area contributed by atoms with Crippen LogP contribution in [-0.4, -0.2) is 20.4 Å². The van der Waals surface area contributed by atoms with Crippen LogP contribution in [-0.2, 0) is 6.18 Å². The van der Waals surface area contributed by atoms with E-state index in [2.05, 4.69) is 10.3 Å². The van der Waals surface area contributed by atoms with Gasteiger partial charge in [0.15, 0.2) is 0 Å². The van der Waals surface area contributed by atoms with E-state index in [1.807, 2.05) is 0 Å². The lowest BCUT2D eigenvalue weighted by Gasteiger charge is -2.13. The summed E-state index contributed by atoms with van der Waals surface area (Å²) in [5.74, 6) is -0.827. The van der Waals surface area contributed by atoms with Crippen molar-refractivity contribution >= 4 is 17.3 Å². The molecule has 0 spiro atoms.